The predicted octanol–water partition coefficient (Wildman–Crippen LogP) is 0.935. The third-order valence-electron chi connectivity index (χ3n) is 4.45. The molecule has 1 heterocycles. The highest BCUT2D eigenvalue weighted by Gasteiger charge is 2.22. The number of rotatable bonds is 6. The van der Waals surface area contributed by atoms with Gasteiger partial charge in [-0.25, -0.2) is 0 Å². The predicted molar refractivity (Wildman–Crippen MR) is 87.8 cm³/mol. The molecule has 0 radical (unpaired) electrons. The van der Waals surface area contributed by atoms with Crippen LogP contribution in [0.4, 0.5) is 0 Å². The summed E-state index contributed by atoms with van der Waals surface area (Å²) in [5, 5.41) is 12.0. The van der Waals surface area contributed by atoms with E-state index in [1.54, 1.807) is 7.05 Å². The second-order valence-electron chi connectivity index (χ2n) is 5.83. The fourth-order valence-corrected chi connectivity index (χ4v) is 2.95. The van der Waals surface area contributed by atoms with Crippen molar-refractivity contribution in [2.75, 3.05) is 39.8 Å². The normalized spacial score (nSPS) is 18.1. The maximum absolute atomic E-state index is 11.5. The highest BCUT2D eigenvalue weighted by molar-refractivity contribution is 5.93. The van der Waals surface area contributed by atoms with Gasteiger partial charge in [0.1, 0.15) is 0 Å². The molecule has 1 atom stereocenters. The highest BCUT2D eigenvalue weighted by atomic mass is 16.3. The zero-order chi connectivity index (χ0) is 15.9. The van der Waals surface area contributed by atoms with E-state index in [1.165, 1.54) is 5.56 Å². The minimum absolute atomic E-state index is 0.0465. The van der Waals surface area contributed by atoms with Crippen LogP contribution >= 0.6 is 0 Å². The Hall–Kier alpha value is -1.43. The first-order valence-electron chi connectivity index (χ1n) is 8.06. The zero-order valence-electron chi connectivity index (χ0n) is 13.6. The van der Waals surface area contributed by atoms with Gasteiger partial charge in [0.25, 0.3) is 5.91 Å². The number of carbonyl (C=O) groups excluding carboxylic acids is 1. The minimum atomic E-state index is -0.0465. The fourth-order valence-electron chi connectivity index (χ4n) is 2.95. The van der Waals surface area contributed by atoms with Crippen molar-refractivity contribution < 1.29 is 9.90 Å². The molecule has 0 unspecified atom stereocenters. The van der Waals surface area contributed by atoms with Gasteiger partial charge in [-0.3, -0.25) is 14.6 Å². The van der Waals surface area contributed by atoms with Crippen molar-refractivity contribution in [3.05, 3.63) is 35.4 Å². The third-order valence-corrected chi connectivity index (χ3v) is 4.45. The first-order valence-corrected chi connectivity index (χ1v) is 8.06. The molecule has 1 saturated heterocycles. The molecule has 2 rings (SSSR count). The quantitative estimate of drug-likeness (QED) is 0.821. The number of aliphatic hydroxyl groups excluding tert-OH is 1. The molecule has 5 nitrogen and oxygen atoms in total. The maximum atomic E-state index is 11.5. The van der Waals surface area contributed by atoms with E-state index < -0.39 is 0 Å². The lowest BCUT2D eigenvalue weighted by molar-refractivity contribution is 0.0608. The van der Waals surface area contributed by atoms with Gasteiger partial charge < -0.3 is 10.4 Å². The second-order valence-corrected chi connectivity index (χ2v) is 5.83. The third kappa shape index (κ3) is 4.29. The fraction of sp³-hybridized carbons (Fsp3) is 0.588. The van der Waals surface area contributed by atoms with Crippen molar-refractivity contribution in [2.45, 2.75) is 25.9 Å². The number of hydrogen-bond donors (Lipinski definition) is 2. The summed E-state index contributed by atoms with van der Waals surface area (Å²) in [4.78, 5) is 16.3. The number of nitrogens with zero attached hydrogens (tertiary/aromatic N) is 2. The number of piperazine rings is 1. The Morgan fingerprint density at radius 1 is 1.23 bits per heavy atom. The first kappa shape index (κ1) is 16.9. The van der Waals surface area contributed by atoms with Crippen LogP contribution in [0.3, 0.4) is 0 Å². The monoisotopic (exact) mass is 305 g/mol. The zero-order valence-corrected chi connectivity index (χ0v) is 13.6. The summed E-state index contributed by atoms with van der Waals surface area (Å²) in [7, 11) is 1.64. The average Bonchev–Trinajstić information content (AvgIpc) is 2.57. The van der Waals surface area contributed by atoms with E-state index in [0.717, 1.165) is 39.1 Å². The molecule has 0 bridgehead atoms. The standard InChI is InChI=1S/C17H27N3O2/c1-3-16(13-21)20-10-8-19(9-11-20)12-14-4-6-15(7-5-14)17(22)18-2/h4-7,16,21H,3,8-13H2,1-2H3,(H,18,22)/t16-/m0/s1. The summed E-state index contributed by atoms with van der Waals surface area (Å²) in [6.07, 6.45) is 0.997. The van der Waals surface area contributed by atoms with Crippen molar-refractivity contribution >= 4 is 5.91 Å². The molecule has 22 heavy (non-hydrogen) atoms. The molecule has 1 amide bonds. The molecular formula is C17H27N3O2. The molecule has 1 fully saturated rings. The molecule has 1 aliphatic heterocycles. The second kappa shape index (κ2) is 8.27. The van der Waals surface area contributed by atoms with Gasteiger partial charge >= 0.3 is 0 Å². The molecule has 0 aliphatic carbocycles. The Morgan fingerprint density at radius 3 is 2.36 bits per heavy atom. The number of nitrogens with one attached hydrogen (secondary N) is 1. The molecule has 122 valence electrons. The molecule has 1 aromatic carbocycles. The van der Waals surface area contributed by atoms with Gasteiger partial charge in [-0.05, 0) is 24.1 Å². The van der Waals surface area contributed by atoms with E-state index in [-0.39, 0.29) is 12.5 Å². The Morgan fingerprint density at radius 2 is 1.86 bits per heavy atom. The lowest BCUT2D eigenvalue weighted by Crippen LogP contribution is -2.50. The Labute approximate surface area is 132 Å². The summed E-state index contributed by atoms with van der Waals surface area (Å²) in [5.41, 5.74) is 1.93. The SMILES string of the molecule is CC[C@@H](CO)N1CCN(Cc2ccc(C(=O)NC)cc2)CC1. The molecule has 0 aromatic heterocycles. The van der Waals surface area contributed by atoms with Crippen molar-refractivity contribution in [1.29, 1.82) is 0 Å². The van der Waals surface area contributed by atoms with Gasteiger partial charge in [-0.2, -0.15) is 0 Å². The minimum Gasteiger partial charge on any atom is -0.395 e. The van der Waals surface area contributed by atoms with Crippen LogP contribution in [-0.2, 0) is 6.54 Å². The Balaban J connectivity index is 1.84. The average molecular weight is 305 g/mol. The van der Waals surface area contributed by atoms with Gasteiger partial charge in [-0.1, -0.05) is 19.1 Å². The summed E-state index contributed by atoms with van der Waals surface area (Å²) >= 11 is 0. The van der Waals surface area contributed by atoms with Crippen LogP contribution in [0, 0.1) is 0 Å². The van der Waals surface area contributed by atoms with Crippen LogP contribution in [0.5, 0.6) is 0 Å². The van der Waals surface area contributed by atoms with Gasteiger partial charge in [0.05, 0.1) is 6.61 Å². The number of benzene rings is 1. The van der Waals surface area contributed by atoms with Crippen LogP contribution in [0.1, 0.15) is 29.3 Å². The number of amides is 1. The van der Waals surface area contributed by atoms with E-state index in [4.69, 9.17) is 0 Å². The van der Waals surface area contributed by atoms with Crippen LogP contribution in [0.25, 0.3) is 0 Å². The van der Waals surface area contributed by atoms with E-state index in [0.29, 0.717) is 11.6 Å². The summed E-state index contributed by atoms with van der Waals surface area (Å²) in [6, 6.07) is 8.11. The van der Waals surface area contributed by atoms with Gasteiger partial charge in [-0.15, -0.1) is 0 Å². The van der Waals surface area contributed by atoms with Crippen LogP contribution < -0.4 is 5.32 Å². The molecule has 2 N–H and O–H groups in total. The van der Waals surface area contributed by atoms with Crippen LogP contribution in [0.15, 0.2) is 24.3 Å². The van der Waals surface area contributed by atoms with Crippen LogP contribution in [-0.4, -0.2) is 66.7 Å². The number of hydrogen-bond acceptors (Lipinski definition) is 4. The first-order chi connectivity index (χ1) is 10.7. The smallest absolute Gasteiger partial charge is 0.251 e. The van der Waals surface area contributed by atoms with Gasteiger partial charge in [0.15, 0.2) is 0 Å². The van der Waals surface area contributed by atoms with E-state index in [2.05, 4.69) is 22.0 Å². The maximum Gasteiger partial charge on any atom is 0.251 e. The molecule has 1 aliphatic rings. The highest BCUT2D eigenvalue weighted by Crippen LogP contribution is 2.13. The number of carbonyl (C=O) groups is 1. The van der Waals surface area contributed by atoms with Crippen molar-refractivity contribution in [2.24, 2.45) is 0 Å². The largest absolute Gasteiger partial charge is 0.395 e. The summed E-state index contributed by atoms with van der Waals surface area (Å²) in [6.45, 7) is 7.35. The molecule has 0 saturated carbocycles. The summed E-state index contributed by atoms with van der Waals surface area (Å²) in [5.74, 6) is -0.0465. The molecule has 5 heteroatoms. The van der Waals surface area contributed by atoms with Crippen molar-refractivity contribution in [1.82, 2.24) is 15.1 Å². The van der Waals surface area contributed by atoms with Crippen LogP contribution in [0.2, 0.25) is 0 Å². The molecule has 0 spiro atoms. The number of aliphatic hydroxyl groups is 1. The lowest BCUT2D eigenvalue weighted by Gasteiger charge is -2.38. The van der Waals surface area contributed by atoms with Gasteiger partial charge in [0, 0.05) is 51.4 Å². The summed E-state index contributed by atoms with van der Waals surface area (Å²) < 4.78 is 0. The van der Waals surface area contributed by atoms with E-state index >= 15 is 0 Å². The topological polar surface area (TPSA) is 55.8 Å². The molecular weight excluding hydrogens is 278 g/mol. The van der Waals surface area contributed by atoms with Crippen molar-refractivity contribution in [3.8, 4) is 0 Å². The lowest BCUT2D eigenvalue weighted by atomic mass is 10.1. The Bertz CT molecular complexity index is 463. The Kier molecular flexibility index (Phi) is 6.36. The van der Waals surface area contributed by atoms with E-state index in [1.807, 2.05) is 24.3 Å². The van der Waals surface area contributed by atoms with Crippen molar-refractivity contribution in [3.63, 3.8) is 0 Å². The molecule has 1 aromatic rings. The van der Waals surface area contributed by atoms with Gasteiger partial charge in [0.2, 0.25) is 0 Å². The van der Waals surface area contributed by atoms with E-state index in [9.17, 15) is 9.90 Å².